The molecular formula is C40H49N5O3. The summed E-state index contributed by atoms with van der Waals surface area (Å²) in [5.41, 5.74) is 2.00. The van der Waals surface area contributed by atoms with Crippen molar-refractivity contribution in [1.82, 2.24) is 25.3 Å². The molecule has 2 fully saturated rings. The van der Waals surface area contributed by atoms with Gasteiger partial charge in [-0.05, 0) is 112 Å². The molecule has 0 saturated carbocycles. The van der Waals surface area contributed by atoms with Gasteiger partial charge in [0.1, 0.15) is 23.6 Å². The van der Waals surface area contributed by atoms with Gasteiger partial charge in [0.15, 0.2) is 0 Å². The maximum atomic E-state index is 14.4. The van der Waals surface area contributed by atoms with E-state index in [9.17, 15) is 9.59 Å². The lowest BCUT2D eigenvalue weighted by Crippen LogP contribution is -2.66. The first-order valence-electron chi connectivity index (χ1n) is 17.4. The predicted molar refractivity (Wildman–Crippen MR) is 192 cm³/mol. The summed E-state index contributed by atoms with van der Waals surface area (Å²) in [4.78, 5) is 34.9. The SMILES string of the molecule is CN(C)CCCN(CC1CCNCC1)C[C@H]1C(=O)N[C@@H](Cc2ccc3ccccc3c2)C(=O)N1Cc1ccc(Oc2ccccc2)cc1. The lowest BCUT2D eigenvalue weighted by atomic mass is 9.95. The molecule has 2 aliphatic heterocycles. The fourth-order valence-corrected chi connectivity index (χ4v) is 6.96. The second-order valence-corrected chi connectivity index (χ2v) is 13.6. The van der Waals surface area contributed by atoms with Gasteiger partial charge in [-0.1, -0.05) is 72.8 Å². The lowest BCUT2D eigenvalue weighted by Gasteiger charge is -2.42. The van der Waals surface area contributed by atoms with Crippen molar-refractivity contribution in [2.75, 3.05) is 53.4 Å². The number of piperidine rings is 1. The minimum Gasteiger partial charge on any atom is -0.457 e. The normalized spacial score (nSPS) is 18.9. The Bertz CT molecular complexity index is 1640. The highest BCUT2D eigenvalue weighted by molar-refractivity contribution is 5.97. The number of nitrogens with one attached hydrogen (secondary N) is 2. The minimum atomic E-state index is -0.623. The summed E-state index contributed by atoms with van der Waals surface area (Å²) >= 11 is 0. The van der Waals surface area contributed by atoms with E-state index in [-0.39, 0.29) is 11.8 Å². The second kappa shape index (κ2) is 16.2. The number of hydrogen-bond donors (Lipinski definition) is 2. The molecule has 6 rings (SSSR count). The monoisotopic (exact) mass is 647 g/mol. The summed E-state index contributed by atoms with van der Waals surface area (Å²) < 4.78 is 6.02. The number of carbonyl (C=O) groups is 2. The number of rotatable bonds is 14. The average molecular weight is 648 g/mol. The van der Waals surface area contributed by atoms with Crippen LogP contribution in [0.1, 0.15) is 30.4 Å². The largest absolute Gasteiger partial charge is 0.457 e. The number of fused-ring (bicyclic) bond motifs is 1. The van der Waals surface area contributed by atoms with Crippen molar-refractivity contribution in [3.8, 4) is 11.5 Å². The molecule has 2 amide bonds. The minimum absolute atomic E-state index is 0.0347. The average Bonchev–Trinajstić information content (AvgIpc) is 3.10. The first kappa shape index (κ1) is 33.7. The third-order valence-corrected chi connectivity index (χ3v) is 9.57. The molecule has 0 spiro atoms. The fourth-order valence-electron chi connectivity index (χ4n) is 6.96. The van der Waals surface area contributed by atoms with E-state index in [2.05, 4.69) is 64.9 Å². The zero-order chi connectivity index (χ0) is 33.3. The van der Waals surface area contributed by atoms with Crippen LogP contribution in [0.4, 0.5) is 0 Å². The van der Waals surface area contributed by atoms with Crippen LogP contribution in [0, 0.1) is 5.92 Å². The molecule has 48 heavy (non-hydrogen) atoms. The van der Waals surface area contributed by atoms with E-state index < -0.39 is 12.1 Å². The molecule has 8 heteroatoms. The molecule has 0 radical (unpaired) electrons. The van der Waals surface area contributed by atoms with Gasteiger partial charge in [0.05, 0.1) is 0 Å². The van der Waals surface area contributed by atoms with Crippen LogP contribution in [-0.2, 0) is 22.6 Å². The number of para-hydroxylation sites is 1. The molecule has 2 heterocycles. The van der Waals surface area contributed by atoms with Crippen molar-refractivity contribution in [3.63, 3.8) is 0 Å². The molecule has 2 N–H and O–H groups in total. The molecule has 0 aliphatic carbocycles. The molecule has 4 aromatic carbocycles. The Balaban J connectivity index is 1.23. The van der Waals surface area contributed by atoms with E-state index in [0.29, 0.717) is 25.4 Å². The van der Waals surface area contributed by atoms with Gasteiger partial charge < -0.3 is 30.1 Å². The van der Waals surface area contributed by atoms with Crippen molar-refractivity contribution in [1.29, 1.82) is 0 Å². The van der Waals surface area contributed by atoms with Crippen LogP contribution >= 0.6 is 0 Å². The molecule has 4 aromatic rings. The first-order chi connectivity index (χ1) is 23.4. The van der Waals surface area contributed by atoms with Gasteiger partial charge in [0.25, 0.3) is 0 Å². The number of nitrogens with zero attached hydrogens (tertiary/aromatic N) is 3. The van der Waals surface area contributed by atoms with Crippen molar-refractivity contribution < 1.29 is 14.3 Å². The number of amides is 2. The Labute approximate surface area is 285 Å². The van der Waals surface area contributed by atoms with E-state index in [0.717, 1.165) is 85.4 Å². The van der Waals surface area contributed by atoms with Crippen LogP contribution in [0.25, 0.3) is 10.8 Å². The van der Waals surface area contributed by atoms with Crippen LogP contribution < -0.4 is 15.4 Å². The molecule has 0 unspecified atom stereocenters. The van der Waals surface area contributed by atoms with Gasteiger partial charge in [0.2, 0.25) is 11.8 Å². The molecule has 2 aliphatic rings. The smallest absolute Gasteiger partial charge is 0.246 e. The zero-order valence-corrected chi connectivity index (χ0v) is 28.3. The zero-order valence-electron chi connectivity index (χ0n) is 28.3. The summed E-state index contributed by atoms with van der Waals surface area (Å²) in [6, 6.07) is 30.9. The van der Waals surface area contributed by atoms with Crippen molar-refractivity contribution in [2.45, 2.75) is 44.3 Å². The van der Waals surface area contributed by atoms with Gasteiger partial charge in [-0.2, -0.15) is 0 Å². The molecule has 0 bridgehead atoms. The summed E-state index contributed by atoms with van der Waals surface area (Å²) in [5.74, 6) is 1.97. The molecule has 8 nitrogen and oxygen atoms in total. The highest BCUT2D eigenvalue weighted by Gasteiger charge is 2.41. The summed E-state index contributed by atoms with van der Waals surface area (Å²) in [7, 11) is 4.19. The summed E-state index contributed by atoms with van der Waals surface area (Å²) in [6.45, 7) is 5.75. The quantitative estimate of drug-likeness (QED) is 0.193. The van der Waals surface area contributed by atoms with Gasteiger partial charge in [-0.25, -0.2) is 0 Å². The van der Waals surface area contributed by atoms with E-state index in [1.807, 2.05) is 71.6 Å². The van der Waals surface area contributed by atoms with Crippen molar-refractivity contribution >= 4 is 22.6 Å². The van der Waals surface area contributed by atoms with E-state index in [1.54, 1.807) is 0 Å². The number of piperazine rings is 1. The van der Waals surface area contributed by atoms with Crippen molar-refractivity contribution in [2.24, 2.45) is 5.92 Å². The second-order valence-electron chi connectivity index (χ2n) is 13.6. The number of carbonyl (C=O) groups excluding carboxylic acids is 2. The Morgan fingerprint density at radius 3 is 2.21 bits per heavy atom. The molecule has 252 valence electrons. The first-order valence-corrected chi connectivity index (χ1v) is 17.4. The van der Waals surface area contributed by atoms with Gasteiger partial charge in [-0.15, -0.1) is 0 Å². The summed E-state index contributed by atoms with van der Waals surface area (Å²) in [6.07, 6.45) is 3.72. The Kier molecular flexibility index (Phi) is 11.4. The van der Waals surface area contributed by atoms with Crippen LogP contribution in [-0.4, -0.2) is 92.0 Å². The molecule has 2 atom stereocenters. The maximum absolute atomic E-state index is 14.4. The molecule has 0 aromatic heterocycles. The van der Waals surface area contributed by atoms with Crippen LogP contribution in [0.15, 0.2) is 97.1 Å². The highest BCUT2D eigenvalue weighted by atomic mass is 16.5. The Morgan fingerprint density at radius 1 is 0.771 bits per heavy atom. The van der Waals surface area contributed by atoms with Crippen LogP contribution in [0.5, 0.6) is 11.5 Å². The maximum Gasteiger partial charge on any atom is 0.246 e. The number of benzene rings is 4. The lowest BCUT2D eigenvalue weighted by molar-refractivity contribution is -0.151. The molecular weight excluding hydrogens is 598 g/mol. The van der Waals surface area contributed by atoms with Crippen LogP contribution in [0.2, 0.25) is 0 Å². The number of ether oxygens (including phenoxy) is 1. The predicted octanol–water partition coefficient (Wildman–Crippen LogP) is 5.32. The Morgan fingerprint density at radius 2 is 1.46 bits per heavy atom. The van der Waals surface area contributed by atoms with E-state index >= 15 is 0 Å². The number of hydrogen-bond acceptors (Lipinski definition) is 6. The fraction of sp³-hybridized carbons (Fsp3) is 0.400. The van der Waals surface area contributed by atoms with Gasteiger partial charge in [-0.3, -0.25) is 9.59 Å². The third kappa shape index (κ3) is 9.01. The summed E-state index contributed by atoms with van der Waals surface area (Å²) in [5, 5.41) is 8.91. The van der Waals surface area contributed by atoms with Crippen molar-refractivity contribution in [3.05, 3.63) is 108 Å². The van der Waals surface area contributed by atoms with E-state index in [1.165, 1.54) is 0 Å². The third-order valence-electron chi connectivity index (χ3n) is 9.57. The molecule has 2 saturated heterocycles. The van der Waals surface area contributed by atoms with Gasteiger partial charge in [0, 0.05) is 26.1 Å². The topological polar surface area (TPSA) is 77.2 Å². The Hall–Kier alpha value is -4.24. The van der Waals surface area contributed by atoms with E-state index in [4.69, 9.17) is 4.74 Å². The van der Waals surface area contributed by atoms with Gasteiger partial charge >= 0.3 is 0 Å². The highest BCUT2D eigenvalue weighted by Crippen LogP contribution is 2.25. The standard InChI is InChI=1S/C40H49N5O3/c1-43(2)23-8-24-44(27-31-19-21-41-22-20-31)29-38-39(46)42-37(26-32-13-16-33-9-6-7-10-34(33)25-32)40(47)45(38)28-30-14-17-36(18-15-30)48-35-11-4-3-5-12-35/h3-7,9-18,25,31,37-38,41H,8,19-24,26-29H2,1-2H3,(H,42,46)/t37-,38-/m0/s1. The van der Waals surface area contributed by atoms with Crippen LogP contribution in [0.3, 0.4) is 0 Å².